The van der Waals surface area contributed by atoms with E-state index in [1.165, 1.54) is 6.07 Å². The maximum atomic E-state index is 12.4. The van der Waals surface area contributed by atoms with Crippen molar-refractivity contribution >= 4 is 27.5 Å². The van der Waals surface area contributed by atoms with Crippen LogP contribution < -0.4 is 0 Å². The summed E-state index contributed by atoms with van der Waals surface area (Å²) in [7, 11) is 0. The quantitative estimate of drug-likeness (QED) is 0.596. The van der Waals surface area contributed by atoms with Crippen molar-refractivity contribution in [1.82, 2.24) is 0 Å². The third-order valence-electron chi connectivity index (χ3n) is 0.963. The summed E-state index contributed by atoms with van der Waals surface area (Å²) in [5.41, 5.74) is 0. The van der Waals surface area contributed by atoms with Crippen LogP contribution >= 0.6 is 27.5 Å². The molecular formula is C6H2BrClF2. The van der Waals surface area contributed by atoms with Crippen LogP contribution in [0.25, 0.3) is 0 Å². The highest BCUT2D eigenvalue weighted by Gasteiger charge is 2.04. The van der Waals surface area contributed by atoms with E-state index in [-0.39, 0.29) is 9.50 Å². The molecule has 0 aliphatic rings. The zero-order chi connectivity index (χ0) is 7.72. The molecular weight excluding hydrogens is 225 g/mol. The van der Waals surface area contributed by atoms with Gasteiger partial charge in [-0.15, -0.1) is 0 Å². The predicted molar refractivity (Wildman–Crippen MR) is 39.1 cm³/mol. The van der Waals surface area contributed by atoms with E-state index in [4.69, 9.17) is 11.6 Å². The van der Waals surface area contributed by atoms with Crippen molar-refractivity contribution in [3.05, 3.63) is 33.3 Å². The lowest BCUT2D eigenvalue weighted by Gasteiger charge is -1.95. The Bertz CT molecular complexity index is 212. The van der Waals surface area contributed by atoms with Gasteiger partial charge in [-0.2, -0.15) is 0 Å². The normalized spacial score (nSPS) is 10.0. The molecule has 0 saturated carbocycles. The molecule has 54 valence electrons. The molecule has 1 rings (SSSR count). The number of halogens is 4. The summed E-state index contributed by atoms with van der Waals surface area (Å²) in [6, 6.07) is 1.90. The van der Waals surface area contributed by atoms with Gasteiger partial charge < -0.3 is 0 Å². The summed E-state index contributed by atoms with van der Waals surface area (Å²) in [5.74, 6) is -1.40. The second kappa shape index (κ2) is 2.84. The van der Waals surface area contributed by atoms with Gasteiger partial charge in [-0.05, 0) is 22.0 Å². The number of rotatable bonds is 0. The standard InChI is InChI=1S/C6H2BrClF2/c7-3-1-4(8)6(10)2-5(3)9/h1-2H. The van der Waals surface area contributed by atoms with Crippen LogP contribution in [0.1, 0.15) is 0 Å². The van der Waals surface area contributed by atoms with Crippen LogP contribution in [0.2, 0.25) is 5.02 Å². The monoisotopic (exact) mass is 226 g/mol. The van der Waals surface area contributed by atoms with Crippen molar-refractivity contribution in [3.8, 4) is 0 Å². The summed E-state index contributed by atoms with van der Waals surface area (Å²) in [4.78, 5) is 0. The molecule has 0 aromatic heterocycles. The maximum Gasteiger partial charge on any atom is 0.144 e. The van der Waals surface area contributed by atoms with Crippen molar-refractivity contribution in [1.29, 1.82) is 0 Å². The molecule has 0 nitrogen and oxygen atoms in total. The Morgan fingerprint density at radius 3 is 2.30 bits per heavy atom. The van der Waals surface area contributed by atoms with Crippen molar-refractivity contribution in [3.63, 3.8) is 0 Å². The van der Waals surface area contributed by atoms with Crippen LogP contribution in [0, 0.1) is 11.6 Å². The summed E-state index contributed by atoms with van der Waals surface area (Å²) in [6.45, 7) is 0. The number of hydrogen-bond donors (Lipinski definition) is 0. The van der Waals surface area contributed by atoms with E-state index in [1.54, 1.807) is 0 Å². The molecule has 0 radical (unpaired) electrons. The first-order valence-corrected chi connectivity index (χ1v) is 3.58. The maximum absolute atomic E-state index is 12.4. The Hall–Kier alpha value is -0.150. The minimum absolute atomic E-state index is 0.0896. The first kappa shape index (κ1) is 7.95. The van der Waals surface area contributed by atoms with Gasteiger partial charge in [0.1, 0.15) is 11.6 Å². The minimum atomic E-state index is -0.748. The van der Waals surface area contributed by atoms with Gasteiger partial charge in [0.15, 0.2) is 0 Å². The van der Waals surface area contributed by atoms with Gasteiger partial charge in [0.05, 0.1) is 9.50 Å². The topological polar surface area (TPSA) is 0 Å². The Labute approximate surface area is 69.9 Å². The van der Waals surface area contributed by atoms with Gasteiger partial charge in [-0.3, -0.25) is 0 Å². The lowest BCUT2D eigenvalue weighted by molar-refractivity contribution is 0.579. The molecule has 0 fully saturated rings. The number of hydrogen-bond acceptors (Lipinski definition) is 0. The van der Waals surface area contributed by atoms with Crippen molar-refractivity contribution in [2.24, 2.45) is 0 Å². The third kappa shape index (κ3) is 1.47. The second-order valence-corrected chi connectivity index (χ2v) is 2.94. The highest BCUT2D eigenvalue weighted by Crippen LogP contribution is 2.22. The minimum Gasteiger partial charge on any atom is -0.206 e. The van der Waals surface area contributed by atoms with Crippen LogP contribution in [0.15, 0.2) is 16.6 Å². The molecule has 0 amide bonds. The zero-order valence-electron chi connectivity index (χ0n) is 4.67. The Kier molecular flexibility index (Phi) is 2.26. The fraction of sp³-hybridized carbons (Fsp3) is 0. The van der Waals surface area contributed by atoms with Gasteiger partial charge in [0.25, 0.3) is 0 Å². The highest BCUT2D eigenvalue weighted by atomic mass is 79.9. The SMILES string of the molecule is Fc1cc(F)c(Br)cc1Cl. The fourth-order valence-electron chi connectivity index (χ4n) is 0.498. The predicted octanol–water partition coefficient (Wildman–Crippen LogP) is 3.38. The molecule has 4 heteroatoms. The molecule has 1 aromatic carbocycles. The highest BCUT2D eigenvalue weighted by molar-refractivity contribution is 9.10. The fourth-order valence-corrected chi connectivity index (χ4v) is 1.14. The van der Waals surface area contributed by atoms with E-state index < -0.39 is 11.6 Å². The molecule has 0 bridgehead atoms. The third-order valence-corrected chi connectivity index (χ3v) is 1.86. The molecule has 0 spiro atoms. The van der Waals surface area contributed by atoms with E-state index in [2.05, 4.69) is 15.9 Å². The molecule has 10 heavy (non-hydrogen) atoms. The first-order chi connectivity index (χ1) is 4.61. The van der Waals surface area contributed by atoms with Crippen LogP contribution in [-0.4, -0.2) is 0 Å². The van der Waals surface area contributed by atoms with Crippen molar-refractivity contribution in [2.45, 2.75) is 0 Å². The van der Waals surface area contributed by atoms with Gasteiger partial charge in [0, 0.05) is 6.07 Å². The molecule has 0 aliphatic carbocycles. The molecule has 0 aliphatic heterocycles. The Morgan fingerprint density at radius 1 is 1.20 bits per heavy atom. The van der Waals surface area contributed by atoms with E-state index in [9.17, 15) is 8.78 Å². The molecule has 1 aromatic rings. The summed E-state index contributed by atoms with van der Waals surface area (Å²) in [5, 5.41) is -0.0896. The molecule has 0 heterocycles. The van der Waals surface area contributed by atoms with Gasteiger partial charge in [0.2, 0.25) is 0 Å². The van der Waals surface area contributed by atoms with Crippen LogP contribution in [0.4, 0.5) is 8.78 Å². The van der Waals surface area contributed by atoms with Gasteiger partial charge in [-0.1, -0.05) is 11.6 Å². The molecule has 0 N–H and O–H groups in total. The summed E-state index contributed by atoms with van der Waals surface area (Å²) in [6.07, 6.45) is 0. The second-order valence-electron chi connectivity index (χ2n) is 1.68. The zero-order valence-corrected chi connectivity index (χ0v) is 7.01. The van der Waals surface area contributed by atoms with Gasteiger partial charge in [-0.25, -0.2) is 8.78 Å². The summed E-state index contributed by atoms with van der Waals surface area (Å²) < 4.78 is 24.9. The van der Waals surface area contributed by atoms with Gasteiger partial charge >= 0.3 is 0 Å². The van der Waals surface area contributed by atoms with E-state index >= 15 is 0 Å². The first-order valence-electron chi connectivity index (χ1n) is 2.41. The molecule has 0 atom stereocenters. The molecule has 0 saturated heterocycles. The number of benzene rings is 1. The van der Waals surface area contributed by atoms with E-state index in [0.717, 1.165) is 6.07 Å². The van der Waals surface area contributed by atoms with Crippen molar-refractivity contribution in [2.75, 3.05) is 0 Å². The Morgan fingerprint density at radius 2 is 1.80 bits per heavy atom. The average Bonchev–Trinajstić information content (AvgIpc) is 1.84. The lowest BCUT2D eigenvalue weighted by atomic mass is 10.3. The lowest BCUT2D eigenvalue weighted by Crippen LogP contribution is -1.81. The van der Waals surface area contributed by atoms with E-state index in [0.29, 0.717) is 0 Å². The summed E-state index contributed by atoms with van der Waals surface area (Å²) >= 11 is 8.17. The largest absolute Gasteiger partial charge is 0.206 e. The smallest absolute Gasteiger partial charge is 0.144 e. The van der Waals surface area contributed by atoms with Crippen molar-refractivity contribution < 1.29 is 8.78 Å². The van der Waals surface area contributed by atoms with Crippen LogP contribution in [-0.2, 0) is 0 Å². The average molecular weight is 227 g/mol. The molecule has 0 unspecified atom stereocenters. The van der Waals surface area contributed by atoms with E-state index in [1.807, 2.05) is 0 Å². The Balaban J connectivity index is 3.28. The van der Waals surface area contributed by atoms with Crippen LogP contribution in [0.5, 0.6) is 0 Å². The van der Waals surface area contributed by atoms with Crippen LogP contribution in [0.3, 0.4) is 0 Å².